The SMILES string of the molecule is O=C(NCC1CCN(Cc2cccs2)CC1)NCC1(CO)CC1. The number of aliphatic hydroxyl groups is 1. The third kappa shape index (κ3) is 4.93. The lowest BCUT2D eigenvalue weighted by molar-refractivity contribution is 0.175. The molecule has 128 valence electrons. The zero-order chi connectivity index (χ0) is 16.1. The van der Waals surface area contributed by atoms with Crippen molar-refractivity contribution in [2.45, 2.75) is 32.2 Å². The summed E-state index contributed by atoms with van der Waals surface area (Å²) in [6, 6.07) is 4.21. The van der Waals surface area contributed by atoms with Gasteiger partial charge in [-0.05, 0) is 56.1 Å². The molecule has 1 aliphatic heterocycles. The number of piperidine rings is 1. The lowest BCUT2D eigenvalue weighted by Gasteiger charge is -2.31. The van der Waals surface area contributed by atoms with Gasteiger partial charge in [-0.15, -0.1) is 11.3 Å². The molecule has 0 radical (unpaired) electrons. The van der Waals surface area contributed by atoms with Crippen molar-refractivity contribution < 1.29 is 9.90 Å². The first-order chi connectivity index (χ1) is 11.2. The van der Waals surface area contributed by atoms with Crippen LogP contribution in [0.4, 0.5) is 4.79 Å². The van der Waals surface area contributed by atoms with Crippen molar-refractivity contribution in [2.24, 2.45) is 11.3 Å². The van der Waals surface area contributed by atoms with Crippen LogP contribution in [0.15, 0.2) is 17.5 Å². The highest BCUT2D eigenvalue weighted by Gasteiger charge is 2.42. The highest BCUT2D eigenvalue weighted by molar-refractivity contribution is 7.09. The van der Waals surface area contributed by atoms with Crippen molar-refractivity contribution in [3.8, 4) is 0 Å². The maximum absolute atomic E-state index is 11.8. The molecule has 1 aliphatic carbocycles. The fourth-order valence-corrected chi connectivity index (χ4v) is 3.85. The van der Waals surface area contributed by atoms with Gasteiger partial charge in [-0.1, -0.05) is 6.07 Å². The number of rotatable bonds is 7. The summed E-state index contributed by atoms with van der Waals surface area (Å²) < 4.78 is 0. The lowest BCUT2D eigenvalue weighted by atomic mass is 9.97. The highest BCUT2D eigenvalue weighted by atomic mass is 32.1. The zero-order valence-corrected chi connectivity index (χ0v) is 14.4. The Balaban J connectivity index is 1.29. The first kappa shape index (κ1) is 16.7. The quantitative estimate of drug-likeness (QED) is 0.713. The summed E-state index contributed by atoms with van der Waals surface area (Å²) in [5.74, 6) is 0.577. The monoisotopic (exact) mass is 337 g/mol. The van der Waals surface area contributed by atoms with E-state index >= 15 is 0 Å². The van der Waals surface area contributed by atoms with E-state index in [4.69, 9.17) is 0 Å². The summed E-state index contributed by atoms with van der Waals surface area (Å²) in [7, 11) is 0. The number of carbonyl (C=O) groups excluding carboxylic acids is 1. The Hall–Kier alpha value is -1.11. The molecular weight excluding hydrogens is 310 g/mol. The van der Waals surface area contributed by atoms with Crippen LogP contribution in [0.3, 0.4) is 0 Å². The number of likely N-dealkylation sites (tertiary alicyclic amines) is 1. The molecule has 2 fully saturated rings. The molecule has 1 saturated heterocycles. The molecule has 6 heteroatoms. The minimum Gasteiger partial charge on any atom is -0.396 e. The van der Waals surface area contributed by atoms with E-state index in [0.29, 0.717) is 12.5 Å². The summed E-state index contributed by atoms with van der Waals surface area (Å²) in [5, 5.41) is 17.3. The summed E-state index contributed by atoms with van der Waals surface area (Å²) >= 11 is 1.82. The first-order valence-corrected chi connectivity index (χ1v) is 9.44. The Morgan fingerprint density at radius 3 is 2.74 bits per heavy atom. The molecule has 3 N–H and O–H groups in total. The molecule has 2 aliphatic rings. The van der Waals surface area contributed by atoms with Gasteiger partial charge in [0.25, 0.3) is 0 Å². The molecule has 1 aromatic heterocycles. The summed E-state index contributed by atoms with van der Waals surface area (Å²) in [6.45, 7) is 4.80. The van der Waals surface area contributed by atoms with Crippen molar-refractivity contribution in [3.63, 3.8) is 0 Å². The molecule has 0 unspecified atom stereocenters. The van der Waals surface area contributed by atoms with Crippen LogP contribution in [0.1, 0.15) is 30.6 Å². The van der Waals surface area contributed by atoms with Crippen molar-refractivity contribution >= 4 is 17.4 Å². The van der Waals surface area contributed by atoms with Crippen LogP contribution in [0, 0.1) is 11.3 Å². The van der Waals surface area contributed by atoms with E-state index in [1.807, 2.05) is 11.3 Å². The topological polar surface area (TPSA) is 64.6 Å². The minimum absolute atomic E-state index is 0.0233. The lowest BCUT2D eigenvalue weighted by Crippen LogP contribution is -2.43. The van der Waals surface area contributed by atoms with Crippen molar-refractivity contribution in [2.75, 3.05) is 32.8 Å². The first-order valence-electron chi connectivity index (χ1n) is 8.56. The van der Waals surface area contributed by atoms with E-state index in [0.717, 1.165) is 51.9 Å². The third-order valence-corrected chi connectivity index (χ3v) is 6.00. The van der Waals surface area contributed by atoms with Gasteiger partial charge in [-0.2, -0.15) is 0 Å². The standard InChI is InChI=1S/C17H27N3O2S/c21-13-17(5-6-17)12-19-16(22)18-10-14-3-7-20(8-4-14)11-15-2-1-9-23-15/h1-2,9,14,21H,3-8,10-13H2,(H2,18,19,22). The average molecular weight is 337 g/mol. The van der Waals surface area contributed by atoms with Crippen LogP contribution in [0.2, 0.25) is 0 Å². The Bertz CT molecular complexity index is 494. The number of nitrogens with zero attached hydrogens (tertiary/aromatic N) is 1. The molecule has 0 aromatic carbocycles. The smallest absolute Gasteiger partial charge is 0.314 e. The van der Waals surface area contributed by atoms with E-state index in [1.165, 1.54) is 4.88 Å². The number of hydrogen-bond donors (Lipinski definition) is 3. The van der Waals surface area contributed by atoms with E-state index in [-0.39, 0.29) is 18.1 Å². The van der Waals surface area contributed by atoms with Crippen LogP contribution in [-0.2, 0) is 6.54 Å². The number of hydrogen-bond acceptors (Lipinski definition) is 4. The number of aliphatic hydroxyl groups excluding tert-OH is 1. The predicted molar refractivity (Wildman–Crippen MR) is 92.5 cm³/mol. The van der Waals surface area contributed by atoms with Gasteiger partial charge in [0.15, 0.2) is 0 Å². The highest BCUT2D eigenvalue weighted by Crippen LogP contribution is 2.44. The van der Waals surface area contributed by atoms with Gasteiger partial charge >= 0.3 is 6.03 Å². The zero-order valence-electron chi connectivity index (χ0n) is 13.6. The predicted octanol–water partition coefficient (Wildman–Crippen LogP) is 2.03. The summed E-state index contributed by atoms with van der Waals surface area (Å²) in [5.41, 5.74) is -0.0233. The second-order valence-electron chi connectivity index (χ2n) is 7.02. The van der Waals surface area contributed by atoms with Crippen molar-refractivity contribution in [1.82, 2.24) is 15.5 Å². The fourth-order valence-electron chi connectivity index (χ4n) is 3.11. The maximum atomic E-state index is 11.8. The molecule has 0 bridgehead atoms. The normalized spacial score (nSPS) is 21.1. The summed E-state index contributed by atoms with van der Waals surface area (Å²) in [4.78, 5) is 15.8. The molecule has 2 amide bonds. The van der Waals surface area contributed by atoms with Crippen LogP contribution in [0.25, 0.3) is 0 Å². The molecule has 1 aromatic rings. The van der Waals surface area contributed by atoms with Gasteiger partial charge in [0, 0.05) is 29.9 Å². The molecule has 3 rings (SSSR count). The van der Waals surface area contributed by atoms with Gasteiger partial charge in [0.1, 0.15) is 0 Å². The van der Waals surface area contributed by atoms with Crippen LogP contribution in [0.5, 0.6) is 0 Å². The van der Waals surface area contributed by atoms with Gasteiger partial charge < -0.3 is 15.7 Å². The van der Waals surface area contributed by atoms with Crippen molar-refractivity contribution in [3.05, 3.63) is 22.4 Å². The number of carbonyl (C=O) groups is 1. The minimum atomic E-state index is -0.0919. The Kier molecular flexibility index (Phi) is 5.56. The van der Waals surface area contributed by atoms with Gasteiger partial charge in [-0.3, -0.25) is 4.90 Å². The van der Waals surface area contributed by atoms with E-state index < -0.39 is 0 Å². The molecule has 23 heavy (non-hydrogen) atoms. The van der Waals surface area contributed by atoms with Gasteiger partial charge in [0.2, 0.25) is 0 Å². The van der Waals surface area contributed by atoms with Gasteiger partial charge in [-0.25, -0.2) is 4.79 Å². The number of urea groups is 1. The van der Waals surface area contributed by atoms with E-state index in [9.17, 15) is 9.90 Å². The van der Waals surface area contributed by atoms with Crippen LogP contribution in [-0.4, -0.2) is 48.8 Å². The molecular formula is C17H27N3O2S. The van der Waals surface area contributed by atoms with Gasteiger partial charge in [0.05, 0.1) is 6.61 Å². The average Bonchev–Trinajstić information content (AvgIpc) is 3.19. The third-order valence-electron chi connectivity index (χ3n) is 5.13. The summed E-state index contributed by atoms with van der Waals surface area (Å²) in [6.07, 6.45) is 4.33. The Labute approximate surface area is 142 Å². The molecule has 1 saturated carbocycles. The van der Waals surface area contributed by atoms with Crippen LogP contribution >= 0.6 is 11.3 Å². The molecule has 2 heterocycles. The fraction of sp³-hybridized carbons (Fsp3) is 0.706. The van der Waals surface area contributed by atoms with E-state index in [1.54, 1.807) is 0 Å². The molecule has 0 atom stereocenters. The maximum Gasteiger partial charge on any atom is 0.314 e. The molecule has 0 spiro atoms. The second-order valence-corrected chi connectivity index (χ2v) is 8.05. The van der Waals surface area contributed by atoms with Crippen LogP contribution < -0.4 is 10.6 Å². The molecule has 5 nitrogen and oxygen atoms in total. The Morgan fingerprint density at radius 1 is 1.35 bits per heavy atom. The largest absolute Gasteiger partial charge is 0.396 e. The number of nitrogens with one attached hydrogen (secondary N) is 2. The second kappa shape index (κ2) is 7.64. The number of thiophene rings is 1. The Morgan fingerprint density at radius 2 is 2.13 bits per heavy atom. The van der Waals surface area contributed by atoms with Crippen molar-refractivity contribution in [1.29, 1.82) is 0 Å². The van der Waals surface area contributed by atoms with E-state index in [2.05, 4.69) is 33.0 Å². The number of amides is 2.